The number of nitrogens with two attached hydrogens (primary N) is 1. The maximum atomic E-state index is 10.2. The number of benzene rings is 2. The summed E-state index contributed by atoms with van der Waals surface area (Å²) in [7, 11) is 0. The fourth-order valence-corrected chi connectivity index (χ4v) is 1.16. The van der Waals surface area contributed by atoms with Crippen LogP contribution in [-0.2, 0) is 40.0 Å². The Hall–Kier alpha value is -1.76. The third-order valence-electron chi connectivity index (χ3n) is 2.04. The van der Waals surface area contributed by atoms with Gasteiger partial charge in [0.1, 0.15) is 0 Å². The van der Waals surface area contributed by atoms with E-state index in [0.29, 0.717) is 11.1 Å². The molecule has 9 nitrogen and oxygen atoms in total. The van der Waals surface area contributed by atoms with Crippen molar-refractivity contribution >= 4 is 35.1 Å². The minimum absolute atomic E-state index is 0. The van der Waals surface area contributed by atoms with Gasteiger partial charge in [-0.2, -0.15) is 0 Å². The number of hydrogen-bond acceptors (Lipinski definition) is 8. The van der Waals surface area contributed by atoms with Gasteiger partial charge in [0.05, 0.1) is 11.1 Å². The SMILES string of the molecule is O=C(O)c1ccccc1.O=C(O)c1ccccc1.O=[SH-]=O.O=[SH-]=O.[NH2-].[Na+]. The molecular formula is C14H16NNaO8S2-2. The van der Waals surface area contributed by atoms with Crippen molar-refractivity contribution in [3.05, 3.63) is 77.9 Å². The maximum Gasteiger partial charge on any atom is 1.00 e. The van der Waals surface area contributed by atoms with Crippen LogP contribution in [0.4, 0.5) is 0 Å². The number of carboxylic acids is 2. The zero-order chi connectivity index (χ0) is 18.8. The van der Waals surface area contributed by atoms with Gasteiger partial charge < -0.3 is 33.2 Å². The van der Waals surface area contributed by atoms with Crippen molar-refractivity contribution in [3.63, 3.8) is 0 Å². The van der Waals surface area contributed by atoms with Crippen LogP contribution in [-0.4, -0.2) is 22.2 Å². The number of rotatable bonds is 2. The Labute approximate surface area is 178 Å². The predicted molar refractivity (Wildman–Crippen MR) is 92.4 cm³/mol. The summed E-state index contributed by atoms with van der Waals surface area (Å²) in [6.07, 6.45) is 0. The molecule has 0 unspecified atom stereocenters. The van der Waals surface area contributed by atoms with Gasteiger partial charge in [0.2, 0.25) is 0 Å². The molecule has 0 atom stereocenters. The van der Waals surface area contributed by atoms with Gasteiger partial charge in [-0.25, -0.2) is 9.59 Å². The molecule has 0 fully saturated rings. The fraction of sp³-hybridized carbons (Fsp3) is 0. The van der Waals surface area contributed by atoms with Gasteiger partial charge in [-0.05, 0) is 24.3 Å². The van der Waals surface area contributed by atoms with Gasteiger partial charge >= 0.3 is 41.5 Å². The monoisotopic (exact) mass is 413 g/mol. The molecule has 2 aromatic rings. The fourth-order valence-electron chi connectivity index (χ4n) is 1.16. The number of hydrogen-bond donors (Lipinski definition) is 2. The molecule has 0 spiro atoms. The van der Waals surface area contributed by atoms with E-state index in [0.717, 1.165) is 0 Å². The zero-order valence-corrected chi connectivity index (χ0v) is 17.4. The van der Waals surface area contributed by atoms with Crippen molar-refractivity contribution in [2.45, 2.75) is 0 Å². The Morgan fingerprint density at radius 2 is 0.808 bits per heavy atom. The van der Waals surface area contributed by atoms with Crippen LogP contribution in [0, 0.1) is 0 Å². The molecule has 0 saturated carbocycles. The minimum atomic E-state index is -1.08. The predicted octanol–water partition coefficient (Wildman–Crippen LogP) is -0.525. The standard InChI is InChI=1S/2C7H6O2.H2N.Na.2HO2S/c2*8-7(9)6-4-2-1-3-5-6;;;2*1-3-2/h2*1-5H,(H,8,9);1H2;;2*3H/q;;-1;+1;2*-1. The third kappa shape index (κ3) is 20.3. The van der Waals surface area contributed by atoms with Gasteiger partial charge in [-0.15, -0.1) is 0 Å². The molecule has 0 aromatic heterocycles. The van der Waals surface area contributed by atoms with Crippen molar-refractivity contribution in [1.82, 2.24) is 0 Å². The van der Waals surface area contributed by atoms with Gasteiger partial charge in [-0.3, -0.25) is 0 Å². The van der Waals surface area contributed by atoms with Gasteiger partial charge in [-0.1, -0.05) is 59.5 Å². The summed E-state index contributed by atoms with van der Waals surface area (Å²) in [6.45, 7) is 0. The molecule has 2 rings (SSSR count). The van der Waals surface area contributed by atoms with Crippen molar-refractivity contribution in [1.29, 1.82) is 0 Å². The number of carbonyl (C=O) groups is 2. The first-order valence-corrected chi connectivity index (χ1v) is 7.37. The second kappa shape index (κ2) is 23.2. The number of carboxylic acid groups (broad SMARTS) is 2. The molecule has 0 amide bonds. The third-order valence-corrected chi connectivity index (χ3v) is 2.04. The van der Waals surface area contributed by atoms with E-state index in [9.17, 15) is 9.59 Å². The Balaban J connectivity index is -0.000000136. The summed E-state index contributed by atoms with van der Waals surface area (Å²) < 4.78 is 33.4. The first-order valence-electron chi connectivity index (χ1n) is 5.91. The van der Waals surface area contributed by atoms with Crippen molar-refractivity contribution in [3.8, 4) is 0 Å². The topological polar surface area (TPSA) is 176 Å². The van der Waals surface area contributed by atoms with Gasteiger partial charge in [0.15, 0.2) is 0 Å². The summed E-state index contributed by atoms with van der Waals surface area (Å²) in [5.74, 6) is -1.76. The molecular weight excluding hydrogens is 397 g/mol. The van der Waals surface area contributed by atoms with Crippen LogP contribution in [0.5, 0.6) is 0 Å². The van der Waals surface area contributed by atoms with Crippen molar-refractivity contribution < 1.29 is 66.2 Å². The molecule has 140 valence electrons. The summed E-state index contributed by atoms with van der Waals surface area (Å²) in [5.41, 5.74) is 0.662. The van der Waals surface area contributed by atoms with Crippen LogP contribution in [0.2, 0.25) is 0 Å². The van der Waals surface area contributed by atoms with Crippen LogP contribution >= 0.6 is 0 Å². The number of thiol groups is 2. The van der Waals surface area contributed by atoms with E-state index in [2.05, 4.69) is 0 Å². The summed E-state index contributed by atoms with van der Waals surface area (Å²) in [5, 5.41) is 16.8. The smallest absolute Gasteiger partial charge is 0.693 e. The average Bonchev–Trinajstić information content (AvgIpc) is 2.58. The molecule has 4 N–H and O–H groups in total. The molecule has 2 aromatic carbocycles. The molecule has 12 heteroatoms. The normalized spacial score (nSPS) is 7.38. The van der Waals surface area contributed by atoms with E-state index < -0.39 is 35.1 Å². The molecule has 0 saturated heterocycles. The van der Waals surface area contributed by atoms with Crippen molar-refractivity contribution in [2.24, 2.45) is 0 Å². The molecule has 26 heavy (non-hydrogen) atoms. The van der Waals surface area contributed by atoms with E-state index in [1.807, 2.05) is 0 Å². The molecule has 0 radical (unpaired) electrons. The summed E-state index contributed by atoms with van der Waals surface area (Å²) >= 11 is -2.17. The number of aromatic carboxylic acids is 2. The Morgan fingerprint density at radius 3 is 0.923 bits per heavy atom. The van der Waals surface area contributed by atoms with E-state index in [4.69, 9.17) is 27.0 Å². The zero-order valence-electron chi connectivity index (χ0n) is 13.6. The van der Waals surface area contributed by atoms with Crippen LogP contribution < -0.4 is 29.6 Å². The molecule has 0 aliphatic heterocycles. The van der Waals surface area contributed by atoms with E-state index in [1.165, 1.54) is 0 Å². The Bertz CT molecular complexity index is 627. The Morgan fingerprint density at radius 1 is 0.615 bits per heavy atom. The van der Waals surface area contributed by atoms with Crippen molar-refractivity contribution in [2.75, 3.05) is 0 Å². The van der Waals surface area contributed by atoms with Crippen LogP contribution in [0.25, 0.3) is 6.15 Å². The van der Waals surface area contributed by atoms with E-state index >= 15 is 0 Å². The summed E-state index contributed by atoms with van der Waals surface area (Å²) in [4.78, 5) is 20.4. The molecule has 0 bridgehead atoms. The second-order valence-corrected chi connectivity index (χ2v) is 3.79. The van der Waals surface area contributed by atoms with Crippen LogP contribution in [0.15, 0.2) is 60.7 Å². The maximum absolute atomic E-state index is 10.2. The van der Waals surface area contributed by atoms with E-state index in [1.54, 1.807) is 60.7 Å². The van der Waals surface area contributed by atoms with Crippen LogP contribution in [0.3, 0.4) is 0 Å². The molecule has 0 aliphatic carbocycles. The first-order chi connectivity index (χ1) is 11.4. The summed E-state index contributed by atoms with van der Waals surface area (Å²) in [6, 6.07) is 16.6. The van der Waals surface area contributed by atoms with Gasteiger partial charge in [0.25, 0.3) is 0 Å². The molecule has 0 heterocycles. The largest absolute Gasteiger partial charge is 1.00 e. The van der Waals surface area contributed by atoms with E-state index in [-0.39, 0.29) is 35.7 Å². The quantitative estimate of drug-likeness (QED) is 0.375. The second-order valence-electron chi connectivity index (χ2n) is 3.49. The minimum Gasteiger partial charge on any atom is -0.693 e. The Kier molecular flexibility index (Phi) is 28.6. The van der Waals surface area contributed by atoms with Gasteiger partial charge in [0, 0.05) is 0 Å². The molecule has 0 aliphatic rings. The van der Waals surface area contributed by atoms with Crippen LogP contribution in [0.1, 0.15) is 20.7 Å². The first kappa shape index (κ1) is 32.0. The average molecular weight is 413 g/mol.